The van der Waals surface area contributed by atoms with Crippen LogP contribution in [0.4, 0.5) is 11.4 Å². The summed E-state index contributed by atoms with van der Waals surface area (Å²) in [7, 11) is 0. The van der Waals surface area contributed by atoms with Crippen molar-refractivity contribution in [3.8, 4) is 0 Å². The lowest BCUT2D eigenvalue weighted by Crippen LogP contribution is -2.15. The highest BCUT2D eigenvalue weighted by molar-refractivity contribution is 6.31. The van der Waals surface area contributed by atoms with E-state index in [1.165, 1.54) is 11.3 Å². The number of anilines is 2. The van der Waals surface area contributed by atoms with Crippen LogP contribution in [0.5, 0.6) is 0 Å². The van der Waals surface area contributed by atoms with E-state index >= 15 is 0 Å². The van der Waals surface area contributed by atoms with Crippen LogP contribution in [0.25, 0.3) is 5.57 Å². The molecule has 0 radical (unpaired) electrons. The van der Waals surface area contributed by atoms with Gasteiger partial charge in [-0.25, -0.2) is 0 Å². The highest BCUT2D eigenvalue weighted by Crippen LogP contribution is 2.35. The number of benzene rings is 2. The van der Waals surface area contributed by atoms with Crippen LogP contribution in [-0.4, -0.2) is 12.5 Å². The van der Waals surface area contributed by atoms with Crippen molar-refractivity contribution in [1.82, 2.24) is 0 Å². The molecule has 2 aliphatic rings. The zero-order valence-electron chi connectivity index (χ0n) is 11.9. The van der Waals surface area contributed by atoms with Crippen LogP contribution >= 0.6 is 0 Å². The number of nitrogens with one attached hydrogen (secondary N) is 1. The first kappa shape index (κ1) is 12.2. The first-order chi connectivity index (χ1) is 10.2. The minimum absolute atomic E-state index is 0.0139. The fourth-order valence-corrected chi connectivity index (χ4v) is 3.08. The molecule has 104 valence electrons. The minimum Gasteiger partial charge on any atom is -0.347 e. The van der Waals surface area contributed by atoms with Crippen LogP contribution in [0.3, 0.4) is 0 Å². The summed E-state index contributed by atoms with van der Waals surface area (Å²) in [5.74, 6) is -0.0139. The maximum absolute atomic E-state index is 12.2. The van der Waals surface area contributed by atoms with Gasteiger partial charge in [0.1, 0.15) is 0 Å². The van der Waals surface area contributed by atoms with E-state index in [1.807, 2.05) is 31.3 Å². The van der Waals surface area contributed by atoms with E-state index in [9.17, 15) is 4.79 Å². The molecule has 0 bridgehead atoms. The zero-order valence-corrected chi connectivity index (χ0v) is 11.9. The Balaban J connectivity index is 1.78. The Morgan fingerprint density at radius 2 is 2.05 bits per heavy atom. The van der Waals surface area contributed by atoms with Gasteiger partial charge in [-0.15, -0.1) is 0 Å². The first-order valence-electron chi connectivity index (χ1n) is 7.21. The summed E-state index contributed by atoms with van der Waals surface area (Å²) in [5.41, 5.74) is 6.38. The van der Waals surface area contributed by atoms with Crippen molar-refractivity contribution in [1.29, 1.82) is 0 Å². The molecule has 2 heterocycles. The molecule has 0 spiro atoms. The van der Waals surface area contributed by atoms with E-state index in [1.54, 1.807) is 0 Å². The third-order valence-electron chi connectivity index (χ3n) is 4.17. The fraction of sp³-hybridized carbons (Fsp3) is 0.167. The molecule has 0 aliphatic carbocycles. The van der Waals surface area contributed by atoms with Crippen molar-refractivity contribution in [3.05, 3.63) is 65.4 Å². The fourth-order valence-electron chi connectivity index (χ4n) is 3.08. The molecule has 2 aromatic rings. The summed E-state index contributed by atoms with van der Waals surface area (Å²) < 4.78 is 0. The van der Waals surface area contributed by atoms with Crippen LogP contribution in [0, 0.1) is 6.92 Å². The molecule has 0 saturated heterocycles. The lowest BCUT2D eigenvalue weighted by atomic mass is 10.1. The molecule has 2 aliphatic heterocycles. The van der Waals surface area contributed by atoms with Gasteiger partial charge in [-0.2, -0.15) is 0 Å². The Morgan fingerprint density at radius 3 is 2.95 bits per heavy atom. The maximum Gasteiger partial charge on any atom is 0.257 e. The Morgan fingerprint density at radius 1 is 1.19 bits per heavy atom. The molecule has 3 nitrogen and oxygen atoms in total. The third kappa shape index (κ3) is 1.93. The van der Waals surface area contributed by atoms with Crippen molar-refractivity contribution in [3.63, 3.8) is 0 Å². The smallest absolute Gasteiger partial charge is 0.257 e. The number of amides is 1. The van der Waals surface area contributed by atoms with Gasteiger partial charge in [0.05, 0.1) is 5.57 Å². The third-order valence-corrected chi connectivity index (χ3v) is 4.17. The molecule has 3 heteroatoms. The molecule has 0 unspecified atom stereocenters. The lowest BCUT2D eigenvalue weighted by Gasteiger charge is -2.15. The Labute approximate surface area is 123 Å². The van der Waals surface area contributed by atoms with Gasteiger partial charge < -0.3 is 10.2 Å². The zero-order chi connectivity index (χ0) is 14.4. The quantitative estimate of drug-likeness (QED) is 0.810. The Kier molecular flexibility index (Phi) is 2.61. The van der Waals surface area contributed by atoms with E-state index < -0.39 is 0 Å². The average Bonchev–Trinajstić information content (AvgIpc) is 3.02. The predicted octanol–water partition coefficient (Wildman–Crippen LogP) is 3.35. The highest BCUT2D eigenvalue weighted by Gasteiger charge is 2.26. The van der Waals surface area contributed by atoms with E-state index in [0.29, 0.717) is 0 Å². The molecule has 4 rings (SSSR count). The summed E-state index contributed by atoms with van der Waals surface area (Å²) >= 11 is 0. The number of fused-ring (bicyclic) bond motifs is 2. The molecule has 1 N–H and O–H groups in total. The molecule has 1 amide bonds. The average molecular weight is 276 g/mol. The van der Waals surface area contributed by atoms with Gasteiger partial charge >= 0.3 is 0 Å². The van der Waals surface area contributed by atoms with Crippen molar-refractivity contribution in [2.24, 2.45) is 0 Å². The standard InChI is InChI=1S/C18H16N2O/c1-12-6-7-16-14(10-12)15(18(21)19-16)11-20-9-8-13-4-2-3-5-17(13)20/h2-7,10-11H,8-9H2,1H3,(H,19,21)/b15-11+. The molecular formula is C18H16N2O. The second-order valence-electron chi connectivity index (χ2n) is 5.62. The number of rotatable bonds is 1. The second kappa shape index (κ2) is 4.48. The SMILES string of the molecule is Cc1ccc2c(c1)/C(=C\N1CCc3ccccc31)C(=O)N2. The summed E-state index contributed by atoms with van der Waals surface area (Å²) in [4.78, 5) is 14.4. The van der Waals surface area contributed by atoms with Gasteiger partial charge in [0.25, 0.3) is 5.91 Å². The monoisotopic (exact) mass is 276 g/mol. The van der Waals surface area contributed by atoms with Gasteiger partial charge in [-0.1, -0.05) is 29.8 Å². The first-order valence-corrected chi connectivity index (χ1v) is 7.21. The van der Waals surface area contributed by atoms with Crippen molar-refractivity contribution in [2.45, 2.75) is 13.3 Å². The number of aryl methyl sites for hydroxylation is 1. The van der Waals surface area contributed by atoms with Crippen LogP contribution in [-0.2, 0) is 11.2 Å². The van der Waals surface area contributed by atoms with E-state index in [4.69, 9.17) is 0 Å². The lowest BCUT2D eigenvalue weighted by molar-refractivity contribution is -0.110. The minimum atomic E-state index is -0.0139. The van der Waals surface area contributed by atoms with Gasteiger partial charge in [0, 0.05) is 29.7 Å². The maximum atomic E-state index is 12.2. The van der Waals surface area contributed by atoms with Gasteiger partial charge in [0.15, 0.2) is 0 Å². The summed E-state index contributed by atoms with van der Waals surface area (Å²) in [6, 6.07) is 14.4. The van der Waals surface area contributed by atoms with Crippen LogP contribution in [0.2, 0.25) is 0 Å². The summed E-state index contributed by atoms with van der Waals surface area (Å²) in [5, 5.41) is 2.94. The molecule has 0 atom stereocenters. The van der Waals surface area contributed by atoms with Gasteiger partial charge in [-0.3, -0.25) is 4.79 Å². The van der Waals surface area contributed by atoms with Crippen molar-refractivity contribution < 1.29 is 4.79 Å². The molecule has 0 aromatic heterocycles. The van der Waals surface area contributed by atoms with Crippen molar-refractivity contribution >= 4 is 22.9 Å². The summed E-state index contributed by atoms with van der Waals surface area (Å²) in [6.45, 7) is 2.98. The van der Waals surface area contributed by atoms with Crippen LogP contribution < -0.4 is 10.2 Å². The number of hydrogen-bond acceptors (Lipinski definition) is 2. The molecular weight excluding hydrogens is 260 g/mol. The highest BCUT2D eigenvalue weighted by atomic mass is 16.2. The Hall–Kier alpha value is -2.55. The number of hydrogen-bond donors (Lipinski definition) is 1. The number of nitrogens with zero attached hydrogens (tertiary/aromatic N) is 1. The second-order valence-corrected chi connectivity index (χ2v) is 5.62. The van der Waals surface area contributed by atoms with Crippen LogP contribution in [0.1, 0.15) is 16.7 Å². The van der Waals surface area contributed by atoms with Gasteiger partial charge in [-0.05, 0) is 37.1 Å². The number of para-hydroxylation sites is 1. The molecule has 21 heavy (non-hydrogen) atoms. The van der Waals surface area contributed by atoms with E-state index in [-0.39, 0.29) is 5.91 Å². The largest absolute Gasteiger partial charge is 0.347 e. The topological polar surface area (TPSA) is 32.3 Å². The Bertz CT molecular complexity index is 777. The van der Waals surface area contributed by atoms with E-state index in [0.717, 1.165) is 35.4 Å². The molecule has 0 saturated carbocycles. The van der Waals surface area contributed by atoms with Crippen LogP contribution in [0.15, 0.2) is 48.7 Å². The molecule has 2 aromatic carbocycles. The normalized spacial score (nSPS) is 17.9. The number of carbonyl (C=O) groups excluding carboxylic acids is 1. The summed E-state index contributed by atoms with van der Waals surface area (Å²) in [6.07, 6.45) is 3.02. The van der Waals surface area contributed by atoms with Gasteiger partial charge in [0.2, 0.25) is 0 Å². The number of carbonyl (C=O) groups is 1. The predicted molar refractivity (Wildman–Crippen MR) is 85.3 cm³/mol. The van der Waals surface area contributed by atoms with Crippen molar-refractivity contribution in [2.75, 3.05) is 16.8 Å². The molecule has 0 fully saturated rings. The van der Waals surface area contributed by atoms with E-state index in [2.05, 4.69) is 34.5 Å².